The number of amides is 1. The predicted molar refractivity (Wildman–Crippen MR) is 102 cm³/mol. The Morgan fingerprint density at radius 1 is 0.962 bits per heavy atom. The first kappa shape index (κ1) is 28.3. The summed E-state index contributed by atoms with van der Waals surface area (Å²) in [4.78, 5) is 11.3. The van der Waals surface area contributed by atoms with Gasteiger partial charge in [-0.2, -0.15) is 0 Å². The first-order valence-electron chi connectivity index (χ1n) is 9.75. The number of hydrogen-bond donors (Lipinski definition) is 1. The zero-order valence-electron chi connectivity index (χ0n) is 16.8. The van der Waals surface area contributed by atoms with E-state index in [2.05, 4.69) is 18.8 Å². The normalized spacial score (nSPS) is 12.2. The minimum atomic E-state index is -4.34. The largest absolute Gasteiger partial charge is 1.00 e. The summed E-state index contributed by atoms with van der Waals surface area (Å²) in [6.45, 7) is 5.57. The van der Waals surface area contributed by atoms with E-state index in [1.165, 1.54) is 57.8 Å². The fourth-order valence-electron chi connectivity index (χ4n) is 2.94. The Labute approximate surface area is 182 Å². The summed E-state index contributed by atoms with van der Waals surface area (Å²) in [7, 11) is -4.34. The van der Waals surface area contributed by atoms with Gasteiger partial charge in [-0.25, -0.2) is 8.42 Å². The molecule has 0 aromatic carbocycles. The first-order valence-corrected chi connectivity index (χ1v) is 11.3. The van der Waals surface area contributed by atoms with Gasteiger partial charge in [0.2, 0.25) is 5.91 Å². The van der Waals surface area contributed by atoms with Crippen LogP contribution in [0.4, 0.5) is 0 Å². The molecule has 0 heterocycles. The van der Waals surface area contributed by atoms with Crippen LogP contribution in [0.15, 0.2) is 12.7 Å². The van der Waals surface area contributed by atoms with Gasteiger partial charge in [-0.15, -0.1) is 0 Å². The molecule has 0 fully saturated rings. The Balaban J connectivity index is 0. The molecule has 1 atom stereocenters. The van der Waals surface area contributed by atoms with E-state index in [0.29, 0.717) is 6.42 Å². The third kappa shape index (κ3) is 20.4. The summed E-state index contributed by atoms with van der Waals surface area (Å²) in [6.07, 6.45) is 16.3. The van der Waals surface area contributed by atoms with Gasteiger partial charge in [0.1, 0.15) is 0 Å². The standard InChI is InChI=1S/C19H37NO4S.Na/c1-3-5-6-7-8-9-10-11-12-13-14-15-16-18(17-25(22,23)24)20-19(21)4-2;/h4,18H,2-3,5-17H2,1H3,(H,20,21)(H,22,23,24);/q;+1/p-1. The molecule has 1 amide bonds. The number of nitrogens with one attached hydrogen (secondary N) is 1. The molecule has 0 spiro atoms. The molecule has 0 aliphatic rings. The summed E-state index contributed by atoms with van der Waals surface area (Å²) in [5.41, 5.74) is 0. The molecule has 0 radical (unpaired) electrons. The maximum absolute atomic E-state index is 11.3. The SMILES string of the molecule is C=CC(=O)NC(CCCCCCCCCCCCCC)CS(=O)(=O)[O-].[Na+]. The van der Waals surface area contributed by atoms with E-state index in [9.17, 15) is 17.8 Å². The van der Waals surface area contributed by atoms with Crippen LogP contribution in [0.5, 0.6) is 0 Å². The van der Waals surface area contributed by atoms with Crippen LogP contribution in [0, 0.1) is 0 Å². The second kappa shape index (κ2) is 18.5. The summed E-state index contributed by atoms with van der Waals surface area (Å²) >= 11 is 0. The fraction of sp³-hybridized carbons (Fsp3) is 0.842. The van der Waals surface area contributed by atoms with Crippen molar-refractivity contribution in [1.29, 1.82) is 0 Å². The van der Waals surface area contributed by atoms with Crippen LogP contribution in [0.2, 0.25) is 0 Å². The second-order valence-electron chi connectivity index (χ2n) is 6.81. The zero-order valence-corrected chi connectivity index (χ0v) is 19.6. The van der Waals surface area contributed by atoms with Gasteiger partial charge in [-0.05, 0) is 12.5 Å². The van der Waals surface area contributed by atoms with Gasteiger partial charge >= 0.3 is 29.6 Å². The van der Waals surface area contributed by atoms with E-state index < -0.39 is 27.8 Å². The molecule has 1 unspecified atom stereocenters. The number of carbonyl (C=O) groups is 1. The molecule has 148 valence electrons. The van der Waals surface area contributed by atoms with Crippen LogP contribution in [0.1, 0.15) is 90.4 Å². The maximum Gasteiger partial charge on any atom is 1.00 e. The van der Waals surface area contributed by atoms with Crippen LogP contribution < -0.4 is 34.9 Å². The van der Waals surface area contributed by atoms with Crippen LogP contribution in [-0.4, -0.2) is 30.7 Å². The molecule has 0 aliphatic heterocycles. The Hall–Kier alpha value is 0.120. The van der Waals surface area contributed by atoms with Crippen LogP contribution in [-0.2, 0) is 14.9 Å². The zero-order chi connectivity index (χ0) is 19.0. The van der Waals surface area contributed by atoms with Crippen molar-refractivity contribution in [1.82, 2.24) is 5.32 Å². The predicted octanol–water partition coefficient (Wildman–Crippen LogP) is 1.30. The van der Waals surface area contributed by atoms with E-state index in [4.69, 9.17) is 0 Å². The molecule has 0 rings (SSSR count). The minimum Gasteiger partial charge on any atom is -0.748 e. The number of hydrogen-bond acceptors (Lipinski definition) is 4. The topological polar surface area (TPSA) is 86.3 Å². The summed E-state index contributed by atoms with van der Waals surface area (Å²) in [5, 5.41) is 2.53. The van der Waals surface area contributed by atoms with Gasteiger partial charge < -0.3 is 9.87 Å². The third-order valence-corrected chi connectivity index (χ3v) is 5.15. The van der Waals surface area contributed by atoms with Gasteiger partial charge in [-0.1, -0.05) is 90.6 Å². The molecule has 0 aliphatic carbocycles. The first-order chi connectivity index (χ1) is 11.9. The van der Waals surface area contributed by atoms with Gasteiger partial charge in [0.05, 0.1) is 15.9 Å². The average molecular weight is 398 g/mol. The Bertz CT molecular complexity index is 454. The Kier molecular flexibility index (Phi) is 20.1. The number of unbranched alkanes of at least 4 members (excludes halogenated alkanes) is 11. The molecule has 0 aromatic rings. The van der Waals surface area contributed by atoms with Crippen molar-refractivity contribution in [3.63, 3.8) is 0 Å². The van der Waals surface area contributed by atoms with Gasteiger partial charge in [0.15, 0.2) is 0 Å². The van der Waals surface area contributed by atoms with Crippen LogP contribution >= 0.6 is 0 Å². The summed E-state index contributed by atoms with van der Waals surface area (Å²) < 4.78 is 32.7. The maximum atomic E-state index is 11.3. The van der Waals surface area contributed by atoms with Crippen molar-refractivity contribution in [2.45, 2.75) is 96.4 Å². The molecule has 0 aromatic heterocycles. The Morgan fingerprint density at radius 2 is 1.38 bits per heavy atom. The number of rotatable bonds is 17. The second-order valence-corrected chi connectivity index (χ2v) is 8.26. The van der Waals surface area contributed by atoms with E-state index >= 15 is 0 Å². The third-order valence-electron chi connectivity index (χ3n) is 4.34. The Morgan fingerprint density at radius 3 is 1.77 bits per heavy atom. The molecule has 5 nitrogen and oxygen atoms in total. The molecule has 0 saturated heterocycles. The van der Waals surface area contributed by atoms with E-state index in [0.717, 1.165) is 25.3 Å². The smallest absolute Gasteiger partial charge is 0.748 e. The van der Waals surface area contributed by atoms with Gasteiger partial charge in [0.25, 0.3) is 0 Å². The molecule has 7 heteroatoms. The fourth-order valence-corrected chi connectivity index (χ4v) is 3.68. The van der Waals surface area contributed by atoms with Crippen molar-refractivity contribution < 1.29 is 47.3 Å². The number of carbonyl (C=O) groups excluding carboxylic acids is 1. The minimum absolute atomic E-state index is 0. The van der Waals surface area contributed by atoms with E-state index in [1.54, 1.807) is 0 Å². The molecule has 0 bridgehead atoms. The van der Waals surface area contributed by atoms with Crippen LogP contribution in [0.25, 0.3) is 0 Å². The van der Waals surface area contributed by atoms with Crippen molar-refractivity contribution >= 4 is 16.0 Å². The summed E-state index contributed by atoms with van der Waals surface area (Å²) in [6, 6.07) is -0.615. The molecule has 1 N–H and O–H groups in total. The molecule has 26 heavy (non-hydrogen) atoms. The molecule has 0 saturated carbocycles. The van der Waals surface area contributed by atoms with Crippen molar-refractivity contribution in [2.24, 2.45) is 0 Å². The summed E-state index contributed by atoms with van der Waals surface area (Å²) in [5.74, 6) is -0.988. The molecular weight excluding hydrogens is 361 g/mol. The molecular formula is C19H36NNaO4S. The van der Waals surface area contributed by atoms with E-state index in [-0.39, 0.29) is 29.6 Å². The van der Waals surface area contributed by atoms with E-state index in [1.807, 2.05) is 0 Å². The van der Waals surface area contributed by atoms with Gasteiger partial charge in [-0.3, -0.25) is 4.79 Å². The van der Waals surface area contributed by atoms with Crippen LogP contribution in [0.3, 0.4) is 0 Å². The van der Waals surface area contributed by atoms with Crippen molar-refractivity contribution in [3.05, 3.63) is 12.7 Å². The average Bonchev–Trinajstić information content (AvgIpc) is 2.54. The quantitative estimate of drug-likeness (QED) is 0.173. The van der Waals surface area contributed by atoms with Crippen molar-refractivity contribution in [3.8, 4) is 0 Å². The van der Waals surface area contributed by atoms with Crippen molar-refractivity contribution in [2.75, 3.05) is 5.75 Å². The monoisotopic (exact) mass is 397 g/mol. The van der Waals surface area contributed by atoms with Gasteiger partial charge in [0, 0.05) is 6.04 Å².